The third-order valence-electron chi connectivity index (χ3n) is 4.40. The Hall–Kier alpha value is -3.51. The van der Waals surface area contributed by atoms with Gasteiger partial charge in [0.15, 0.2) is 5.11 Å². The average Bonchev–Trinajstić information content (AvgIpc) is 3.20. The van der Waals surface area contributed by atoms with Crippen molar-refractivity contribution in [1.82, 2.24) is 15.1 Å². The molecular weight excluding hydrogens is 383 g/mol. The van der Waals surface area contributed by atoms with E-state index in [4.69, 9.17) is 17.3 Å². The lowest BCUT2D eigenvalue weighted by atomic mass is 10.1. The summed E-state index contributed by atoms with van der Waals surface area (Å²) in [7, 11) is 0. The highest BCUT2D eigenvalue weighted by Crippen LogP contribution is 2.23. The first kappa shape index (κ1) is 18.8. The van der Waals surface area contributed by atoms with Crippen LogP contribution in [-0.4, -0.2) is 14.9 Å². The van der Waals surface area contributed by atoms with E-state index in [0.29, 0.717) is 11.7 Å². The summed E-state index contributed by atoms with van der Waals surface area (Å²) in [4.78, 5) is 0. The molecule has 0 unspecified atom stereocenters. The van der Waals surface area contributed by atoms with Crippen LogP contribution in [0.25, 0.3) is 16.9 Å². The number of halogens is 1. The highest BCUT2D eigenvalue weighted by atomic mass is 32.1. The molecule has 144 valence electrons. The van der Waals surface area contributed by atoms with Gasteiger partial charge in [0.2, 0.25) is 0 Å². The molecule has 0 saturated carbocycles. The minimum absolute atomic E-state index is 0.282. The highest BCUT2D eigenvalue weighted by molar-refractivity contribution is 7.80. The van der Waals surface area contributed by atoms with Crippen molar-refractivity contribution in [3.63, 3.8) is 0 Å². The number of para-hydroxylation sites is 1. The number of nitrogens with zero attached hydrogens (tertiary/aromatic N) is 2. The van der Waals surface area contributed by atoms with Crippen molar-refractivity contribution in [2.75, 3.05) is 5.32 Å². The number of anilines is 1. The van der Waals surface area contributed by atoms with Crippen molar-refractivity contribution < 1.29 is 4.39 Å². The van der Waals surface area contributed by atoms with Crippen molar-refractivity contribution in [2.24, 2.45) is 0 Å². The van der Waals surface area contributed by atoms with E-state index >= 15 is 0 Å². The maximum atomic E-state index is 13.1. The summed E-state index contributed by atoms with van der Waals surface area (Å²) in [5.74, 6) is -0.282. The van der Waals surface area contributed by atoms with E-state index in [1.165, 1.54) is 12.1 Å². The summed E-state index contributed by atoms with van der Waals surface area (Å²) in [6, 6.07) is 26.1. The van der Waals surface area contributed by atoms with Crippen molar-refractivity contribution in [3.05, 3.63) is 103 Å². The number of aromatic nitrogens is 2. The molecule has 0 aliphatic carbocycles. The van der Waals surface area contributed by atoms with Crippen LogP contribution >= 0.6 is 12.2 Å². The van der Waals surface area contributed by atoms with Crippen molar-refractivity contribution in [3.8, 4) is 16.9 Å². The summed E-state index contributed by atoms with van der Waals surface area (Å²) in [6.45, 7) is 0.504. The highest BCUT2D eigenvalue weighted by Gasteiger charge is 2.12. The molecule has 0 spiro atoms. The minimum Gasteiger partial charge on any atom is -0.358 e. The first-order valence-corrected chi connectivity index (χ1v) is 9.60. The fourth-order valence-corrected chi connectivity index (χ4v) is 3.17. The molecule has 4 nitrogen and oxygen atoms in total. The van der Waals surface area contributed by atoms with E-state index < -0.39 is 0 Å². The van der Waals surface area contributed by atoms with Crippen molar-refractivity contribution in [2.45, 2.75) is 6.54 Å². The summed E-state index contributed by atoms with van der Waals surface area (Å²) in [6.07, 6.45) is 2.01. The molecule has 29 heavy (non-hydrogen) atoms. The Bertz CT molecular complexity index is 1090. The predicted molar refractivity (Wildman–Crippen MR) is 118 cm³/mol. The third-order valence-corrected chi connectivity index (χ3v) is 4.65. The minimum atomic E-state index is -0.282. The number of hydrogen-bond donors (Lipinski definition) is 2. The predicted octanol–water partition coefficient (Wildman–Crippen LogP) is 5.17. The van der Waals surface area contributed by atoms with Crippen molar-refractivity contribution >= 4 is 23.0 Å². The zero-order valence-corrected chi connectivity index (χ0v) is 16.4. The fourth-order valence-electron chi connectivity index (χ4n) is 2.98. The van der Waals surface area contributed by atoms with E-state index in [-0.39, 0.29) is 5.82 Å². The van der Waals surface area contributed by atoms with Crippen LogP contribution in [0, 0.1) is 5.82 Å². The first-order chi connectivity index (χ1) is 14.2. The molecule has 0 atom stereocenters. The molecule has 6 heteroatoms. The number of benzene rings is 3. The maximum Gasteiger partial charge on any atom is 0.171 e. The second kappa shape index (κ2) is 8.67. The van der Waals surface area contributed by atoms with E-state index in [1.54, 1.807) is 12.1 Å². The van der Waals surface area contributed by atoms with Crippen molar-refractivity contribution in [1.29, 1.82) is 0 Å². The fraction of sp³-hybridized carbons (Fsp3) is 0.0435. The standard InChI is InChI=1S/C23H19FN4S/c24-19-11-13-20(14-12-19)26-23(29)25-15-18-16-28(21-9-5-2-6-10-21)27-22(18)17-7-3-1-4-8-17/h1-14,16H,15H2,(H2,25,26,29). The van der Waals surface area contributed by atoms with Gasteiger partial charge in [-0.2, -0.15) is 5.10 Å². The molecule has 0 saturated heterocycles. The van der Waals surface area contributed by atoms with Gasteiger partial charge >= 0.3 is 0 Å². The summed E-state index contributed by atoms with van der Waals surface area (Å²) < 4.78 is 14.9. The summed E-state index contributed by atoms with van der Waals surface area (Å²) >= 11 is 5.39. The van der Waals surface area contributed by atoms with Gasteiger partial charge in [-0.25, -0.2) is 9.07 Å². The molecule has 4 rings (SSSR count). The molecule has 0 fully saturated rings. The zero-order valence-electron chi connectivity index (χ0n) is 15.5. The number of hydrogen-bond acceptors (Lipinski definition) is 2. The van der Waals surface area contributed by atoms with Crippen LogP contribution in [0.2, 0.25) is 0 Å². The maximum absolute atomic E-state index is 13.1. The van der Waals surface area contributed by atoms with Gasteiger partial charge in [0.1, 0.15) is 5.82 Å². The molecule has 4 aromatic rings. The first-order valence-electron chi connectivity index (χ1n) is 9.19. The van der Waals surface area contributed by atoms with E-state index in [1.807, 2.05) is 71.5 Å². The lowest BCUT2D eigenvalue weighted by molar-refractivity contribution is 0.628. The Morgan fingerprint density at radius 3 is 2.24 bits per heavy atom. The molecule has 1 aromatic heterocycles. The molecule has 2 N–H and O–H groups in total. The number of thiocarbonyl (C=S) groups is 1. The molecule has 0 bridgehead atoms. The third kappa shape index (κ3) is 4.67. The Labute approximate surface area is 174 Å². The van der Waals surface area contributed by atoms with Gasteiger partial charge in [-0.1, -0.05) is 48.5 Å². The Morgan fingerprint density at radius 1 is 0.897 bits per heavy atom. The normalized spacial score (nSPS) is 10.5. The quantitative estimate of drug-likeness (QED) is 0.452. The second-order valence-electron chi connectivity index (χ2n) is 6.46. The molecule has 3 aromatic carbocycles. The molecule has 0 amide bonds. The monoisotopic (exact) mass is 402 g/mol. The van der Waals surface area contributed by atoms with Gasteiger partial charge in [-0.05, 0) is 48.6 Å². The topological polar surface area (TPSA) is 41.9 Å². The van der Waals surface area contributed by atoms with Crippen LogP contribution in [0.1, 0.15) is 5.56 Å². The SMILES string of the molecule is Fc1ccc(NC(=S)NCc2cn(-c3ccccc3)nc2-c2ccccc2)cc1. The lowest BCUT2D eigenvalue weighted by Gasteiger charge is -2.10. The molecule has 0 aliphatic heterocycles. The zero-order chi connectivity index (χ0) is 20.1. The smallest absolute Gasteiger partial charge is 0.171 e. The second-order valence-corrected chi connectivity index (χ2v) is 6.87. The Morgan fingerprint density at radius 2 is 1.55 bits per heavy atom. The van der Waals surface area contributed by atoms with E-state index in [0.717, 1.165) is 28.2 Å². The Balaban J connectivity index is 1.54. The lowest BCUT2D eigenvalue weighted by Crippen LogP contribution is -2.27. The molecular formula is C23H19FN4S. The van der Waals surface area contributed by atoms with Gasteiger partial charge in [-0.3, -0.25) is 0 Å². The van der Waals surface area contributed by atoms with E-state index in [9.17, 15) is 4.39 Å². The molecule has 1 heterocycles. The van der Waals surface area contributed by atoms with Gasteiger partial charge in [0.25, 0.3) is 0 Å². The largest absolute Gasteiger partial charge is 0.358 e. The summed E-state index contributed by atoms with van der Waals surface area (Å²) in [5, 5.41) is 11.5. The van der Waals surface area contributed by atoms with Crippen LogP contribution in [0.5, 0.6) is 0 Å². The Kier molecular flexibility index (Phi) is 5.63. The average molecular weight is 402 g/mol. The summed E-state index contributed by atoms with van der Waals surface area (Å²) in [5.41, 5.74) is 4.67. The molecule has 0 radical (unpaired) electrons. The van der Waals surface area contributed by atoms with Gasteiger partial charge in [0, 0.05) is 29.6 Å². The number of nitrogens with one attached hydrogen (secondary N) is 2. The van der Waals surface area contributed by atoms with Gasteiger partial charge in [0.05, 0.1) is 11.4 Å². The van der Waals surface area contributed by atoms with Gasteiger partial charge < -0.3 is 10.6 Å². The van der Waals surface area contributed by atoms with Crippen LogP contribution in [0.15, 0.2) is 91.1 Å². The van der Waals surface area contributed by atoms with Gasteiger partial charge in [-0.15, -0.1) is 0 Å². The molecule has 0 aliphatic rings. The van der Waals surface area contributed by atoms with Crippen LogP contribution in [0.3, 0.4) is 0 Å². The van der Waals surface area contributed by atoms with Crippen LogP contribution < -0.4 is 10.6 Å². The van der Waals surface area contributed by atoms with Crippen LogP contribution in [0.4, 0.5) is 10.1 Å². The number of rotatable bonds is 5. The van der Waals surface area contributed by atoms with E-state index in [2.05, 4.69) is 10.6 Å². The van der Waals surface area contributed by atoms with Crippen LogP contribution in [-0.2, 0) is 6.54 Å².